The Bertz CT molecular complexity index is 425. The molecule has 22 heavy (non-hydrogen) atoms. The number of ether oxygens (including phenoxy) is 1. The van der Waals surface area contributed by atoms with Gasteiger partial charge in [-0.25, -0.2) is 8.42 Å². The minimum Gasteiger partial charge on any atom is -0.376 e. The molecular weight excluding hydrogens is 296 g/mol. The van der Waals surface area contributed by atoms with E-state index in [0.717, 1.165) is 57.3 Å². The molecule has 0 aromatic carbocycles. The van der Waals surface area contributed by atoms with Crippen LogP contribution in [0.4, 0.5) is 0 Å². The molecule has 0 spiro atoms. The van der Waals surface area contributed by atoms with Gasteiger partial charge in [0.25, 0.3) is 0 Å². The van der Waals surface area contributed by atoms with Crippen molar-refractivity contribution in [1.82, 2.24) is 0 Å². The molecule has 0 unspecified atom stereocenters. The summed E-state index contributed by atoms with van der Waals surface area (Å²) >= 11 is 0. The molecule has 2 aliphatic rings. The first-order valence-electron chi connectivity index (χ1n) is 9.18. The molecule has 2 saturated carbocycles. The van der Waals surface area contributed by atoms with E-state index in [2.05, 4.69) is 27.7 Å². The van der Waals surface area contributed by atoms with Crippen LogP contribution in [0, 0.1) is 11.8 Å². The maximum Gasteiger partial charge on any atom is 0.156 e. The molecule has 0 bridgehead atoms. The van der Waals surface area contributed by atoms with Gasteiger partial charge in [0.05, 0.1) is 22.7 Å². The second-order valence-corrected chi connectivity index (χ2v) is 10.5. The Balaban J connectivity index is 1.87. The average molecular weight is 331 g/mol. The molecule has 0 amide bonds. The molecule has 3 nitrogen and oxygen atoms in total. The summed E-state index contributed by atoms with van der Waals surface area (Å²) in [6, 6.07) is 0. The standard InChI is InChI=1S/C18H34O3S/c1-13(2)15-5-9-17(10-6-15)22(19,20)18-11-7-16(8-12-18)21-14(3)4/h13-18H,5-12H2,1-4H3. The SMILES string of the molecule is CC(C)OC1CCC(S(=O)(=O)C2CCC(C(C)C)CC2)CC1. The maximum absolute atomic E-state index is 12.9. The second kappa shape index (κ2) is 7.65. The summed E-state index contributed by atoms with van der Waals surface area (Å²) in [5.41, 5.74) is 0. The average Bonchev–Trinajstić information content (AvgIpc) is 2.47. The van der Waals surface area contributed by atoms with Gasteiger partial charge in [-0.05, 0) is 77.0 Å². The summed E-state index contributed by atoms with van der Waals surface area (Å²) in [6.07, 6.45) is 7.86. The van der Waals surface area contributed by atoms with Crippen molar-refractivity contribution < 1.29 is 13.2 Å². The third kappa shape index (κ3) is 4.47. The zero-order chi connectivity index (χ0) is 16.3. The summed E-state index contributed by atoms with van der Waals surface area (Å²) in [7, 11) is -2.94. The Morgan fingerprint density at radius 1 is 0.773 bits per heavy atom. The highest BCUT2D eigenvalue weighted by Gasteiger charge is 2.39. The minimum absolute atomic E-state index is 0.0740. The fourth-order valence-corrected chi connectivity index (χ4v) is 6.64. The molecule has 0 atom stereocenters. The van der Waals surface area contributed by atoms with Gasteiger partial charge in [-0.1, -0.05) is 13.8 Å². The highest BCUT2D eigenvalue weighted by atomic mass is 32.2. The molecule has 130 valence electrons. The summed E-state index contributed by atoms with van der Waals surface area (Å²) in [5.74, 6) is 1.41. The van der Waals surface area contributed by atoms with E-state index in [1.165, 1.54) is 0 Å². The van der Waals surface area contributed by atoms with Crippen LogP contribution in [0.5, 0.6) is 0 Å². The van der Waals surface area contributed by atoms with E-state index in [1.54, 1.807) is 0 Å². The second-order valence-electron chi connectivity index (χ2n) is 7.95. The van der Waals surface area contributed by atoms with Crippen LogP contribution >= 0.6 is 0 Å². The smallest absolute Gasteiger partial charge is 0.156 e. The van der Waals surface area contributed by atoms with Gasteiger partial charge < -0.3 is 4.74 Å². The van der Waals surface area contributed by atoms with Gasteiger partial charge in [0.15, 0.2) is 9.84 Å². The molecule has 0 aromatic heterocycles. The lowest BCUT2D eigenvalue weighted by molar-refractivity contribution is -0.0113. The summed E-state index contributed by atoms with van der Waals surface area (Å²) < 4.78 is 31.7. The molecule has 0 N–H and O–H groups in total. The molecule has 0 saturated heterocycles. The van der Waals surface area contributed by atoms with Gasteiger partial charge in [0.1, 0.15) is 0 Å². The highest BCUT2D eigenvalue weighted by Crippen LogP contribution is 2.37. The lowest BCUT2D eigenvalue weighted by Gasteiger charge is -2.35. The van der Waals surface area contributed by atoms with E-state index >= 15 is 0 Å². The molecule has 4 heteroatoms. The lowest BCUT2D eigenvalue weighted by atomic mass is 9.81. The summed E-state index contributed by atoms with van der Waals surface area (Å²) in [5, 5.41) is -0.185. The Hall–Kier alpha value is -0.0900. The minimum atomic E-state index is -2.94. The molecular formula is C18H34O3S. The zero-order valence-corrected chi connectivity index (χ0v) is 15.6. The van der Waals surface area contributed by atoms with Crippen LogP contribution in [0.2, 0.25) is 0 Å². The van der Waals surface area contributed by atoms with E-state index in [4.69, 9.17) is 4.74 Å². The molecule has 0 aliphatic heterocycles. The van der Waals surface area contributed by atoms with Crippen molar-refractivity contribution >= 4 is 9.84 Å². The van der Waals surface area contributed by atoms with Gasteiger partial charge in [-0.3, -0.25) is 0 Å². The number of hydrogen-bond acceptors (Lipinski definition) is 3. The van der Waals surface area contributed by atoms with Crippen LogP contribution in [0.25, 0.3) is 0 Å². The normalized spacial score (nSPS) is 34.3. The monoisotopic (exact) mass is 330 g/mol. The van der Waals surface area contributed by atoms with Crippen LogP contribution in [-0.2, 0) is 14.6 Å². The van der Waals surface area contributed by atoms with E-state index in [0.29, 0.717) is 5.92 Å². The van der Waals surface area contributed by atoms with E-state index < -0.39 is 9.84 Å². The number of hydrogen-bond donors (Lipinski definition) is 0. The van der Waals surface area contributed by atoms with Crippen LogP contribution in [0.3, 0.4) is 0 Å². The van der Waals surface area contributed by atoms with Gasteiger partial charge in [0.2, 0.25) is 0 Å². The summed E-state index contributed by atoms with van der Waals surface area (Å²) in [4.78, 5) is 0. The van der Waals surface area contributed by atoms with E-state index in [9.17, 15) is 8.42 Å². The van der Waals surface area contributed by atoms with Crippen molar-refractivity contribution in [3.8, 4) is 0 Å². The lowest BCUT2D eigenvalue weighted by Crippen LogP contribution is -2.39. The van der Waals surface area contributed by atoms with Crippen molar-refractivity contribution in [2.45, 2.75) is 102 Å². The number of sulfone groups is 1. The van der Waals surface area contributed by atoms with Crippen LogP contribution in [0.15, 0.2) is 0 Å². The first-order valence-corrected chi connectivity index (χ1v) is 10.8. The summed E-state index contributed by atoms with van der Waals surface area (Å²) in [6.45, 7) is 8.62. The maximum atomic E-state index is 12.9. The molecule has 2 aliphatic carbocycles. The fourth-order valence-electron chi connectivity index (χ4n) is 4.24. The fraction of sp³-hybridized carbons (Fsp3) is 1.00. The highest BCUT2D eigenvalue weighted by molar-refractivity contribution is 7.92. The van der Waals surface area contributed by atoms with Crippen molar-refractivity contribution in [2.24, 2.45) is 11.8 Å². The van der Waals surface area contributed by atoms with Gasteiger partial charge >= 0.3 is 0 Å². The van der Waals surface area contributed by atoms with Crippen LogP contribution < -0.4 is 0 Å². The topological polar surface area (TPSA) is 43.4 Å². The molecule has 0 aromatic rings. The van der Waals surface area contributed by atoms with Crippen molar-refractivity contribution in [3.63, 3.8) is 0 Å². The third-order valence-electron chi connectivity index (χ3n) is 5.68. The zero-order valence-electron chi connectivity index (χ0n) is 14.8. The Labute approximate surface area is 137 Å². The molecule has 0 radical (unpaired) electrons. The molecule has 2 rings (SSSR count). The largest absolute Gasteiger partial charge is 0.376 e. The van der Waals surface area contributed by atoms with Crippen molar-refractivity contribution in [1.29, 1.82) is 0 Å². The first kappa shape index (κ1) is 18.3. The quantitative estimate of drug-likeness (QED) is 0.752. The van der Waals surface area contributed by atoms with Crippen LogP contribution in [-0.4, -0.2) is 31.1 Å². The number of rotatable bonds is 5. The predicted octanol–water partition coefficient (Wildman–Crippen LogP) is 4.35. The Morgan fingerprint density at radius 2 is 1.23 bits per heavy atom. The first-order chi connectivity index (χ1) is 10.3. The van der Waals surface area contributed by atoms with Gasteiger partial charge in [-0.15, -0.1) is 0 Å². The van der Waals surface area contributed by atoms with Gasteiger partial charge in [-0.2, -0.15) is 0 Å². The van der Waals surface area contributed by atoms with E-state index in [-0.39, 0.29) is 22.7 Å². The van der Waals surface area contributed by atoms with E-state index in [1.807, 2.05) is 0 Å². The van der Waals surface area contributed by atoms with Crippen LogP contribution in [0.1, 0.15) is 79.1 Å². The molecule has 2 fully saturated rings. The van der Waals surface area contributed by atoms with Crippen molar-refractivity contribution in [3.05, 3.63) is 0 Å². The Kier molecular flexibility index (Phi) is 6.35. The van der Waals surface area contributed by atoms with Gasteiger partial charge in [0, 0.05) is 0 Å². The third-order valence-corrected chi connectivity index (χ3v) is 8.48. The Morgan fingerprint density at radius 3 is 1.64 bits per heavy atom. The predicted molar refractivity (Wildman–Crippen MR) is 91.8 cm³/mol. The molecule has 0 heterocycles. The van der Waals surface area contributed by atoms with Crippen molar-refractivity contribution in [2.75, 3.05) is 0 Å².